The number of hydrogen-bond acceptors (Lipinski definition) is 4. The highest BCUT2D eigenvalue weighted by Crippen LogP contribution is 2.23. The van der Waals surface area contributed by atoms with Crippen LogP contribution in [-0.2, 0) is 13.0 Å². The van der Waals surface area contributed by atoms with Crippen LogP contribution in [0.5, 0.6) is 0 Å². The summed E-state index contributed by atoms with van der Waals surface area (Å²) in [5, 5.41) is 10.4. The minimum atomic E-state index is -0.280. The van der Waals surface area contributed by atoms with E-state index in [1.165, 1.54) is 11.1 Å². The average molecular weight is 322 g/mol. The van der Waals surface area contributed by atoms with E-state index in [1.54, 1.807) is 0 Å². The largest absolute Gasteiger partial charge is 0.391 e. The van der Waals surface area contributed by atoms with Crippen LogP contribution in [0.25, 0.3) is 5.65 Å². The molecule has 1 saturated heterocycles. The zero-order valence-electron chi connectivity index (χ0n) is 13.8. The zero-order chi connectivity index (χ0) is 16.5. The number of rotatable bonds is 4. The van der Waals surface area contributed by atoms with E-state index in [1.807, 2.05) is 30.6 Å². The number of hydrogen-bond donors (Lipinski definition) is 1. The third-order valence-electron chi connectivity index (χ3n) is 4.76. The minimum absolute atomic E-state index is 0.270. The van der Waals surface area contributed by atoms with Crippen molar-refractivity contribution in [1.29, 1.82) is 0 Å². The molecule has 0 radical (unpaired) electrons. The Bertz CT molecular complexity index is 830. The normalized spacial score (nSPS) is 21.6. The Morgan fingerprint density at radius 2 is 1.96 bits per heavy atom. The lowest BCUT2D eigenvalue weighted by molar-refractivity contribution is 0.141. The topological polar surface area (TPSA) is 53.7 Å². The fourth-order valence-corrected chi connectivity index (χ4v) is 3.55. The van der Waals surface area contributed by atoms with Gasteiger partial charge >= 0.3 is 0 Å². The Kier molecular flexibility index (Phi) is 4.04. The summed E-state index contributed by atoms with van der Waals surface area (Å²) in [6.07, 6.45) is 8.42. The van der Waals surface area contributed by atoms with Gasteiger partial charge in [-0.15, -0.1) is 0 Å². The van der Waals surface area contributed by atoms with E-state index in [0.717, 1.165) is 30.9 Å². The highest BCUT2D eigenvalue weighted by atomic mass is 16.3. The molecule has 0 spiro atoms. The van der Waals surface area contributed by atoms with Crippen molar-refractivity contribution < 1.29 is 5.11 Å². The molecule has 5 heteroatoms. The molecule has 0 unspecified atom stereocenters. The van der Waals surface area contributed by atoms with Crippen LogP contribution in [0, 0.1) is 12.8 Å². The molecule has 0 amide bonds. The van der Waals surface area contributed by atoms with Crippen molar-refractivity contribution in [2.24, 2.45) is 5.92 Å². The Morgan fingerprint density at radius 1 is 1.12 bits per heavy atom. The third-order valence-corrected chi connectivity index (χ3v) is 4.76. The number of fused-ring (bicyclic) bond motifs is 1. The predicted octanol–water partition coefficient (Wildman–Crippen LogP) is 2.07. The standard InChI is InChI=1S/C19H22N4O/c1-14-2-3-19-21-17(12-23(19)9-14)11-22-10-16(18(24)13-22)8-15-4-6-20-7-5-15/h2-7,9,12,16,18,24H,8,10-11,13H2,1H3/t16-,18-/m1/s1. The molecule has 0 aliphatic carbocycles. The van der Waals surface area contributed by atoms with E-state index in [0.29, 0.717) is 6.54 Å². The van der Waals surface area contributed by atoms with Gasteiger partial charge in [-0.05, 0) is 42.7 Å². The SMILES string of the molecule is Cc1ccc2nc(CN3C[C@@H](Cc4ccncc4)[C@H](O)C3)cn2c1. The first kappa shape index (κ1) is 15.3. The molecule has 4 rings (SSSR count). The van der Waals surface area contributed by atoms with Gasteiger partial charge < -0.3 is 9.51 Å². The lowest BCUT2D eigenvalue weighted by atomic mass is 9.97. The number of aryl methyl sites for hydroxylation is 1. The van der Waals surface area contributed by atoms with Gasteiger partial charge in [0.15, 0.2) is 0 Å². The second kappa shape index (κ2) is 6.34. The van der Waals surface area contributed by atoms with Gasteiger partial charge in [-0.3, -0.25) is 9.88 Å². The highest BCUT2D eigenvalue weighted by Gasteiger charge is 2.31. The highest BCUT2D eigenvalue weighted by molar-refractivity contribution is 5.41. The van der Waals surface area contributed by atoms with Gasteiger partial charge in [0, 0.05) is 50.3 Å². The van der Waals surface area contributed by atoms with Crippen LogP contribution in [0.4, 0.5) is 0 Å². The summed E-state index contributed by atoms with van der Waals surface area (Å²) in [6.45, 7) is 4.48. The molecule has 4 heterocycles. The molecule has 0 saturated carbocycles. The minimum Gasteiger partial charge on any atom is -0.391 e. The quantitative estimate of drug-likeness (QED) is 0.799. The van der Waals surface area contributed by atoms with Crippen molar-refractivity contribution in [3.63, 3.8) is 0 Å². The van der Waals surface area contributed by atoms with Crippen LogP contribution in [0.2, 0.25) is 0 Å². The van der Waals surface area contributed by atoms with E-state index < -0.39 is 0 Å². The van der Waals surface area contributed by atoms with E-state index >= 15 is 0 Å². The summed E-state index contributed by atoms with van der Waals surface area (Å²) in [5.74, 6) is 0.270. The summed E-state index contributed by atoms with van der Waals surface area (Å²) in [5.41, 5.74) is 4.49. The molecule has 3 aromatic heterocycles. The van der Waals surface area contributed by atoms with Gasteiger partial charge in [-0.2, -0.15) is 0 Å². The van der Waals surface area contributed by atoms with Crippen molar-refractivity contribution in [3.05, 3.63) is 65.9 Å². The first-order valence-corrected chi connectivity index (χ1v) is 8.41. The number of aliphatic hydroxyl groups excluding tert-OH is 1. The molecule has 1 N–H and O–H groups in total. The molecule has 0 aromatic carbocycles. The zero-order valence-corrected chi connectivity index (χ0v) is 13.8. The maximum atomic E-state index is 10.4. The number of nitrogens with zero attached hydrogens (tertiary/aromatic N) is 4. The lowest BCUT2D eigenvalue weighted by Gasteiger charge is -2.14. The van der Waals surface area contributed by atoms with Crippen molar-refractivity contribution in [1.82, 2.24) is 19.3 Å². The second-order valence-electron chi connectivity index (χ2n) is 6.79. The van der Waals surface area contributed by atoms with Crippen LogP contribution in [0.15, 0.2) is 49.1 Å². The number of aliphatic hydroxyl groups is 1. The molecule has 24 heavy (non-hydrogen) atoms. The van der Waals surface area contributed by atoms with Crippen LogP contribution in [0.3, 0.4) is 0 Å². The smallest absolute Gasteiger partial charge is 0.137 e. The molecule has 0 bridgehead atoms. The molecular formula is C19H22N4O. The molecule has 1 aliphatic heterocycles. The summed E-state index contributed by atoms with van der Waals surface area (Å²) < 4.78 is 2.08. The fourth-order valence-electron chi connectivity index (χ4n) is 3.55. The maximum absolute atomic E-state index is 10.4. The number of imidazole rings is 1. The van der Waals surface area contributed by atoms with Crippen molar-refractivity contribution in [3.8, 4) is 0 Å². The molecule has 124 valence electrons. The number of pyridine rings is 2. The molecule has 2 atom stereocenters. The van der Waals surface area contributed by atoms with Gasteiger partial charge in [0.25, 0.3) is 0 Å². The lowest BCUT2D eigenvalue weighted by Crippen LogP contribution is -2.21. The summed E-state index contributed by atoms with van der Waals surface area (Å²) >= 11 is 0. The maximum Gasteiger partial charge on any atom is 0.137 e. The molecule has 1 fully saturated rings. The average Bonchev–Trinajstić information content (AvgIpc) is 3.11. The van der Waals surface area contributed by atoms with Gasteiger partial charge in [0.2, 0.25) is 0 Å². The molecule has 5 nitrogen and oxygen atoms in total. The summed E-state index contributed by atoms with van der Waals surface area (Å²) in [4.78, 5) is 11.0. The molecular weight excluding hydrogens is 300 g/mol. The number of likely N-dealkylation sites (tertiary alicyclic amines) is 1. The summed E-state index contributed by atoms with van der Waals surface area (Å²) in [6, 6.07) is 8.18. The molecule has 3 aromatic rings. The summed E-state index contributed by atoms with van der Waals surface area (Å²) in [7, 11) is 0. The van der Waals surface area contributed by atoms with Gasteiger partial charge in [-0.25, -0.2) is 4.98 Å². The van der Waals surface area contributed by atoms with Gasteiger partial charge in [0.1, 0.15) is 5.65 Å². The Hall–Kier alpha value is -2.24. The Morgan fingerprint density at radius 3 is 2.79 bits per heavy atom. The van der Waals surface area contributed by atoms with Gasteiger partial charge in [0.05, 0.1) is 11.8 Å². The van der Waals surface area contributed by atoms with Gasteiger partial charge in [-0.1, -0.05) is 6.07 Å². The Balaban J connectivity index is 1.43. The second-order valence-corrected chi connectivity index (χ2v) is 6.79. The van der Waals surface area contributed by atoms with E-state index in [9.17, 15) is 5.11 Å². The Labute approximate surface area is 141 Å². The van der Waals surface area contributed by atoms with Crippen LogP contribution in [-0.4, -0.2) is 43.6 Å². The van der Waals surface area contributed by atoms with Crippen molar-refractivity contribution in [2.45, 2.75) is 26.0 Å². The van der Waals surface area contributed by atoms with Crippen molar-refractivity contribution >= 4 is 5.65 Å². The van der Waals surface area contributed by atoms with E-state index in [2.05, 4.69) is 44.7 Å². The number of aromatic nitrogens is 3. The van der Waals surface area contributed by atoms with Crippen LogP contribution in [0.1, 0.15) is 16.8 Å². The van der Waals surface area contributed by atoms with E-state index in [4.69, 9.17) is 0 Å². The van der Waals surface area contributed by atoms with E-state index in [-0.39, 0.29) is 12.0 Å². The van der Waals surface area contributed by atoms with Crippen molar-refractivity contribution in [2.75, 3.05) is 13.1 Å². The first-order chi connectivity index (χ1) is 11.7. The number of β-amino-alcohol motifs (C(OH)–C–C–N with tert-alkyl or cyclic N) is 1. The molecule has 1 aliphatic rings. The predicted molar refractivity (Wildman–Crippen MR) is 92.6 cm³/mol. The van der Waals surface area contributed by atoms with Crippen LogP contribution < -0.4 is 0 Å². The van der Waals surface area contributed by atoms with Crippen LogP contribution >= 0.6 is 0 Å². The first-order valence-electron chi connectivity index (χ1n) is 8.41. The monoisotopic (exact) mass is 322 g/mol. The third kappa shape index (κ3) is 3.18. The fraction of sp³-hybridized carbons (Fsp3) is 0.368.